The zero-order valence-corrected chi connectivity index (χ0v) is 17.1. The molecule has 0 saturated carbocycles. The molecule has 1 aromatic heterocycles. The number of aromatic nitrogens is 2. The van der Waals surface area contributed by atoms with Crippen molar-refractivity contribution in [2.24, 2.45) is 0 Å². The van der Waals surface area contributed by atoms with Crippen LogP contribution in [-0.2, 0) is 17.7 Å². The fourth-order valence-electron chi connectivity index (χ4n) is 3.96. The largest absolute Gasteiger partial charge is 0.375 e. The smallest absolute Gasteiger partial charge is 0.110 e. The summed E-state index contributed by atoms with van der Waals surface area (Å²) in [6.45, 7) is 7.30. The quantitative estimate of drug-likeness (QED) is 0.553. The highest BCUT2D eigenvalue weighted by Gasteiger charge is 2.22. The summed E-state index contributed by atoms with van der Waals surface area (Å²) >= 11 is 6.06. The number of imidazole rings is 1. The summed E-state index contributed by atoms with van der Waals surface area (Å²) < 4.78 is 8.38. The molecule has 0 N–H and O–H groups in total. The third-order valence-electron chi connectivity index (χ3n) is 5.71. The van der Waals surface area contributed by atoms with Gasteiger partial charge in [-0.05, 0) is 81.0 Å². The van der Waals surface area contributed by atoms with Crippen LogP contribution in [0, 0.1) is 13.8 Å². The first-order valence-electron chi connectivity index (χ1n) is 9.86. The van der Waals surface area contributed by atoms with Crippen LogP contribution >= 0.6 is 11.6 Å². The zero-order chi connectivity index (χ0) is 19.0. The fraction of sp³-hybridized carbons (Fsp3) is 0.435. The summed E-state index contributed by atoms with van der Waals surface area (Å²) in [7, 11) is 0. The first-order valence-corrected chi connectivity index (χ1v) is 10.2. The van der Waals surface area contributed by atoms with Crippen molar-refractivity contribution in [3.05, 3.63) is 63.9 Å². The maximum Gasteiger partial charge on any atom is 0.110 e. The van der Waals surface area contributed by atoms with Gasteiger partial charge in [0.25, 0.3) is 0 Å². The van der Waals surface area contributed by atoms with E-state index in [0.717, 1.165) is 42.2 Å². The van der Waals surface area contributed by atoms with Crippen molar-refractivity contribution in [1.82, 2.24) is 9.55 Å². The van der Waals surface area contributed by atoms with Gasteiger partial charge in [0.15, 0.2) is 0 Å². The minimum absolute atomic E-state index is 0.368. The van der Waals surface area contributed by atoms with Crippen molar-refractivity contribution in [1.29, 1.82) is 0 Å². The molecule has 3 nitrogen and oxygen atoms in total. The van der Waals surface area contributed by atoms with Crippen LogP contribution in [0.2, 0.25) is 5.02 Å². The van der Waals surface area contributed by atoms with Crippen LogP contribution in [0.25, 0.3) is 11.0 Å². The molecule has 3 aromatic rings. The summed E-state index contributed by atoms with van der Waals surface area (Å²) in [6, 6.07) is 12.6. The molecule has 2 aromatic carbocycles. The molecule has 2 heterocycles. The molecular weight excluding hydrogens is 356 g/mol. The van der Waals surface area contributed by atoms with E-state index in [4.69, 9.17) is 21.3 Å². The molecule has 1 aliphatic heterocycles. The molecule has 4 rings (SSSR count). The maximum absolute atomic E-state index is 6.06. The molecule has 1 aliphatic rings. The summed E-state index contributed by atoms with van der Waals surface area (Å²) in [4.78, 5) is 4.99. The highest BCUT2D eigenvalue weighted by Crippen LogP contribution is 2.26. The molecule has 0 amide bonds. The number of halogens is 1. The van der Waals surface area contributed by atoms with Gasteiger partial charge in [-0.2, -0.15) is 0 Å². The average Bonchev–Trinajstić information content (AvgIpc) is 3.19. The Bertz CT molecular complexity index is 945. The van der Waals surface area contributed by atoms with E-state index < -0.39 is 0 Å². The van der Waals surface area contributed by atoms with Crippen LogP contribution in [0.3, 0.4) is 0 Å². The highest BCUT2D eigenvalue weighted by atomic mass is 35.5. The number of hydrogen-bond acceptors (Lipinski definition) is 2. The molecule has 0 spiro atoms. The molecule has 2 atom stereocenters. The SMILES string of the molecule is Cc1cc2nc(CCC3CCC(C)O3)n(Cc3ccc(Cl)cc3)c2cc1C. The van der Waals surface area contributed by atoms with Gasteiger partial charge in [0.1, 0.15) is 5.82 Å². The first-order chi connectivity index (χ1) is 13.0. The van der Waals surface area contributed by atoms with Gasteiger partial charge >= 0.3 is 0 Å². The van der Waals surface area contributed by atoms with Gasteiger partial charge in [-0.15, -0.1) is 0 Å². The molecular formula is C23H27ClN2O. The Balaban J connectivity index is 1.66. The van der Waals surface area contributed by atoms with Gasteiger partial charge in [-0.25, -0.2) is 4.98 Å². The lowest BCUT2D eigenvalue weighted by Crippen LogP contribution is -2.12. The number of nitrogens with zero attached hydrogens (tertiary/aromatic N) is 2. The lowest BCUT2D eigenvalue weighted by Gasteiger charge is -2.13. The van der Waals surface area contributed by atoms with Crippen molar-refractivity contribution < 1.29 is 4.74 Å². The topological polar surface area (TPSA) is 27.1 Å². The summed E-state index contributed by atoms with van der Waals surface area (Å²) in [5.74, 6) is 1.15. The van der Waals surface area contributed by atoms with Crippen LogP contribution in [0.4, 0.5) is 0 Å². The summed E-state index contributed by atoms with van der Waals surface area (Å²) in [5.41, 5.74) is 6.13. The Hall–Kier alpha value is -1.84. The van der Waals surface area contributed by atoms with Crippen molar-refractivity contribution in [3.8, 4) is 0 Å². The number of aryl methyl sites for hydroxylation is 3. The van der Waals surface area contributed by atoms with Crippen LogP contribution in [0.1, 0.15) is 48.7 Å². The van der Waals surface area contributed by atoms with E-state index in [2.05, 4.69) is 49.6 Å². The fourth-order valence-corrected chi connectivity index (χ4v) is 4.08. The molecule has 0 bridgehead atoms. The number of hydrogen-bond donors (Lipinski definition) is 0. The average molecular weight is 383 g/mol. The normalized spacial score (nSPS) is 19.9. The molecule has 4 heteroatoms. The maximum atomic E-state index is 6.06. The van der Waals surface area contributed by atoms with Crippen molar-refractivity contribution >= 4 is 22.6 Å². The van der Waals surface area contributed by atoms with Crippen molar-refractivity contribution in [3.63, 3.8) is 0 Å². The molecule has 0 radical (unpaired) electrons. The van der Waals surface area contributed by atoms with E-state index >= 15 is 0 Å². The molecule has 2 unspecified atom stereocenters. The molecule has 27 heavy (non-hydrogen) atoms. The summed E-state index contributed by atoms with van der Waals surface area (Å²) in [6.07, 6.45) is 5.07. The van der Waals surface area contributed by atoms with Gasteiger partial charge in [0.2, 0.25) is 0 Å². The first kappa shape index (κ1) is 18.5. The van der Waals surface area contributed by atoms with E-state index in [1.54, 1.807) is 0 Å². The Morgan fingerprint density at radius 3 is 2.56 bits per heavy atom. The van der Waals surface area contributed by atoms with Gasteiger partial charge in [-0.1, -0.05) is 23.7 Å². The van der Waals surface area contributed by atoms with E-state index in [9.17, 15) is 0 Å². The van der Waals surface area contributed by atoms with Gasteiger partial charge in [0.05, 0.1) is 23.2 Å². The number of benzene rings is 2. The Labute approximate surface area is 166 Å². The van der Waals surface area contributed by atoms with Gasteiger partial charge in [-0.3, -0.25) is 0 Å². The Kier molecular flexibility index (Phi) is 5.25. The predicted octanol–water partition coefficient (Wildman–Crippen LogP) is 5.85. The van der Waals surface area contributed by atoms with Gasteiger partial charge in [0, 0.05) is 18.0 Å². The molecule has 142 valence electrons. The van der Waals surface area contributed by atoms with E-state index in [-0.39, 0.29) is 0 Å². The Morgan fingerprint density at radius 1 is 1.11 bits per heavy atom. The zero-order valence-electron chi connectivity index (χ0n) is 16.3. The molecule has 0 aliphatic carbocycles. The lowest BCUT2D eigenvalue weighted by atomic mass is 10.1. The predicted molar refractivity (Wildman–Crippen MR) is 112 cm³/mol. The van der Waals surface area contributed by atoms with Crippen LogP contribution in [0.15, 0.2) is 36.4 Å². The van der Waals surface area contributed by atoms with E-state index in [1.807, 2.05) is 12.1 Å². The van der Waals surface area contributed by atoms with Gasteiger partial charge < -0.3 is 9.30 Å². The summed E-state index contributed by atoms with van der Waals surface area (Å²) in [5, 5.41) is 0.772. The standard InChI is InChI=1S/C23H27ClN2O/c1-15-12-21-22(13-16(15)2)26(14-18-5-7-19(24)8-6-18)23(25-21)11-10-20-9-4-17(3)27-20/h5-8,12-13,17,20H,4,9-11,14H2,1-3H3. The highest BCUT2D eigenvalue weighted by molar-refractivity contribution is 6.30. The van der Waals surface area contributed by atoms with Crippen molar-refractivity contribution in [2.75, 3.05) is 0 Å². The van der Waals surface area contributed by atoms with E-state index in [1.165, 1.54) is 28.6 Å². The monoisotopic (exact) mass is 382 g/mol. The second-order valence-corrected chi connectivity index (χ2v) is 8.29. The molecule has 1 saturated heterocycles. The third kappa shape index (κ3) is 4.04. The third-order valence-corrected chi connectivity index (χ3v) is 5.96. The van der Waals surface area contributed by atoms with Crippen LogP contribution in [0.5, 0.6) is 0 Å². The minimum atomic E-state index is 0.368. The second-order valence-electron chi connectivity index (χ2n) is 7.85. The molecule has 1 fully saturated rings. The minimum Gasteiger partial charge on any atom is -0.375 e. The Morgan fingerprint density at radius 2 is 1.85 bits per heavy atom. The number of fused-ring (bicyclic) bond motifs is 1. The second kappa shape index (κ2) is 7.65. The van der Waals surface area contributed by atoms with Crippen LogP contribution in [-0.4, -0.2) is 21.8 Å². The van der Waals surface area contributed by atoms with E-state index in [0.29, 0.717) is 12.2 Å². The number of ether oxygens (including phenoxy) is 1. The lowest BCUT2D eigenvalue weighted by molar-refractivity contribution is 0.0508. The van der Waals surface area contributed by atoms with Crippen molar-refractivity contribution in [2.45, 2.75) is 65.2 Å². The van der Waals surface area contributed by atoms with Crippen LogP contribution < -0.4 is 0 Å². The number of rotatable bonds is 5.